The Morgan fingerprint density at radius 1 is 0.636 bits per heavy atom. The van der Waals surface area contributed by atoms with E-state index in [0.717, 1.165) is 24.0 Å². The smallest absolute Gasteiger partial charge is 0.118 e. The first-order valence-corrected chi connectivity index (χ1v) is 13.6. The van der Waals surface area contributed by atoms with E-state index >= 15 is 0 Å². The average Bonchev–Trinajstić information content (AvgIpc) is 2.73. The summed E-state index contributed by atoms with van der Waals surface area (Å²) >= 11 is 1.80. The third-order valence-corrected chi connectivity index (χ3v) is 8.20. The molecule has 0 aliphatic carbocycles. The molecule has 3 heteroatoms. The van der Waals surface area contributed by atoms with Crippen molar-refractivity contribution >= 4 is 11.8 Å². The van der Waals surface area contributed by atoms with E-state index in [1.54, 1.807) is 11.8 Å². The molecule has 184 valence electrons. The third-order valence-electron chi connectivity index (χ3n) is 7.09. The van der Waals surface area contributed by atoms with Crippen molar-refractivity contribution in [1.82, 2.24) is 0 Å². The van der Waals surface area contributed by atoms with Gasteiger partial charge >= 0.3 is 0 Å². The maximum atomic E-state index is 10.6. The van der Waals surface area contributed by atoms with Crippen molar-refractivity contribution in [3.05, 3.63) is 46.5 Å². The molecule has 0 aliphatic heterocycles. The number of aryl methyl sites for hydroxylation is 2. The summed E-state index contributed by atoms with van der Waals surface area (Å²) in [5.74, 6) is 0.750. The van der Waals surface area contributed by atoms with Gasteiger partial charge in [0.25, 0.3) is 0 Å². The van der Waals surface area contributed by atoms with Gasteiger partial charge in [-0.05, 0) is 84.0 Å². The minimum Gasteiger partial charge on any atom is -0.508 e. The van der Waals surface area contributed by atoms with E-state index in [2.05, 4.69) is 53.7 Å². The molecule has 0 saturated heterocycles. The standard InChI is InChI=1S/C30H46O2S/c1-9-11-13-15-29(5,6)23-19-25(31)21(3)17-27(23)33-28-18-22(4)26(32)20-24(28)30(7,8)16-14-12-10-2/h17-20,31-32H,9-16H2,1-8H3. The van der Waals surface area contributed by atoms with Crippen molar-refractivity contribution in [2.24, 2.45) is 0 Å². The van der Waals surface area contributed by atoms with Gasteiger partial charge in [0.15, 0.2) is 0 Å². The van der Waals surface area contributed by atoms with Crippen LogP contribution in [0.3, 0.4) is 0 Å². The Morgan fingerprint density at radius 2 is 1.00 bits per heavy atom. The molecular weight excluding hydrogens is 424 g/mol. The predicted molar refractivity (Wildman–Crippen MR) is 144 cm³/mol. The molecule has 2 aromatic carbocycles. The van der Waals surface area contributed by atoms with E-state index in [-0.39, 0.29) is 10.8 Å². The van der Waals surface area contributed by atoms with Crippen LogP contribution >= 0.6 is 11.8 Å². The topological polar surface area (TPSA) is 40.5 Å². The Balaban J connectivity index is 2.54. The summed E-state index contributed by atoms with van der Waals surface area (Å²) in [7, 11) is 0. The van der Waals surface area contributed by atoms with Gasteiger partial charge in [0.2, 0.25) is 0 Å². The van der Waals surface area contributed by atoms with E-state index in [9.17, 15) is 10.2 Å². The molecular formula is C30H46O2S. The number of hydrogen-bond donors (Lipinski definition) is 2. The van der Waals surface area contributed by atoms with Crippen LogP contribution < -0.4 is 0 Å². The van der Waals surface area contributed by atoms with Crippen LogP contribution in [0.2, 0.25) is 0 Å². The van der Waals surface area contributed by atoms with Crippen LogP contribution in [-0.4, -0.2) is 10.2 Å². The maximum Gasteiger partial charge on any atom is 0.118 e. The number of benzene rings is 2. The molecule has 0 amide bonds. The Kier molecular flexibility index (Phi) is 9.79. The van der Waals surface area contributed by atoms with E-state index in [1.165, 1.54) is 59.4 Å². The summed E-state index contributed by atoms with van der Waals surface area (Å²) < 4.78 is 0. The van der Waals surface area contributed by atoms with Crippen LogP contribution in [-0.2, 0) is 10.8 Å². The summed E-state index contributed by atoms with van der Waals surface area (Å²) in [6.07, 6.45) is 9.46. The number of aromatic hydroxyl groups is 2. The number of phenols is 2. The zero-order chi connectivity index (χ0) is 24.8. The van der Waals surface area contributed by atoms with Crippen molar-refractivity contribution in [1.29, 1.82) is 0 Å². The average molecular weight is 471 g/mol. The van der Waals surface area contributed by atoms with Crippen LogP contribution in [0.25, 0.3) is 0 Å². The summed E-state index contributed by atoms with van der Waals surface area (Å²) in [6, 6.07) is 8.27. The summed E-state index contributed by atoms with van der Waals surface area (Å²) in [6.45, 7) is 17.6. The van der Waals surface area contributed by atoms with Crippen molar-refractivity contribution in [3.63, 3.8) is 0 Å². The van der Waals surface area contributed by atoms with Gasteiger partial charge in [-0.1, -0.05) is 91.8 Å². The zero-order valence-corrected chi connectivity index (χ0v) is 23.1. The SMILES string of the molecule is CCCCCC(C)(C)c1cc(O)c(C)cc1Sc1cc(C)c(O)cc1C(C)(C)CCCCC. The first-order valence-electron chi connectivity index (χ1n) is 12.8. The summed E-state index contributed by atoms with van der Waals surface area (Å²) in [5.41, 5.74) is 4.20. The second-order valence-electron chi connectivity index (χ2n) is 11.1. The minimum absolute atomic E-state index is 0.0224. The molecule has 0 aromatic heterocycles. The molecule has 0 heterocycles. The first-order chi connectivity index (χ1) is 15.4. The molecule has 0 bridgehead atoms. The van der Waals surface area contributed by atoms with Crippen molar-refractivity contribution in [2.45, 2.75) is 127 Å². The van der Waals surface area contributed by atoms with E-state index in [1.807, 2.05) is 26.0 Å². The van der Waals surface area contributed by atoms with E-state index in [4.69, 9.17) is 0 Å². The monoisotopic (exact) mass is 470 g/mol. The lowest BCUT2D eigenvalue weighted by Gasteiger charge is -2.31. The molecule has 0 unspecified atom stereocenters. The van der Waals surface area contributed by atoms with E-state index < -0.39 is 0 Å². The zero-order valence-electron chi connectivity index (χ0n) is 22.3. The fourth-order valence-electron chi connectivity index (χ4n) is 4.59. The van der Waals surface area contributed by atoms with Crippen molar-refractivity contribution < 1.29 is 10.2 Å². The van der Waals surface area contributed by atoms with Crippen molar-refractivity contribution in [3.8, 4) is 11.5 Å². The van der Waals surface area contributed by atoms with E-state index in [0.29, 0.717) is 11.5 Å². The highest BCUT2D eigenvalue weighted by Gasteiger charge is 2.28. The van der Waals surface area contributed by atoms with Crippen LogP contribution in [0.4, 0.5) is 0 Å². The molecule has 0 aliphatic rings. The minimum atomic E-state index is -0.0224. The highest BCUT2D eigenvalue weighted by molar-refractivity contribution is 7.99. The normalized spacial score (nSPS) is 12.4. The lowest BCUT2D eigenvalue weighted by atomic mass is 9.79. The third kappa shape index (κ3) is 7.18. The highest BCUT2D eigenvalue weighted by Crippen LogP contribution is 2.46. The Morgan fingerprint density at radius 3 is 1.33 bits per heavy atom. The molecule has 2 rings (SSSR count). The summed E-state index contributed by atoms with van der Waals surface area (Å²) in [5, 5.41) is 21.1. The van der Waals surface area contributed by atoms with Crippen LogP contribution in [0, 0.1) is 13.8 Å². The molecule has 33 heavy (non-hydrogen) atoms. The molecule has 0 radical (unpaired) electrons. The highest BCUT2D eigenvalue weighted by atomic mass is 32.2. The van der Waals surface area contributed by atoms with Crippen molar-refractivity contribution in [2.75, 3.05) is 0 Å². The first kappa shape index (κ1) is 27.6. The molecule has 2 N–H and O–H groups in total. The van der Waals surface area contributed by atoms with Crippen LogP contribution in [0.15, 0.2) is 34.1 Å². The number of rotatable bonds is 12. The second-order valence-corrected chi connectivity index (χ2v) is 12.1. The fourth-order valence-corrected chi connectivity index (χ4v) is 6.19. The Hall–Kier alpha value is -1.61. The molecule has 2 aromatic rings. The number of hydrogen-bond acceptors (Lipinski definition) is 3. The van der Waals surface area contributed by atoms with Gasteiger partial charge in [0.05, 0.1) is 0 Å². The van der Waals surface area contributed by atoms with Gasteiger partial charge in [0.1, 0.15) is 11.5 Å². The molecule has 0 fully saturated rings. The van der Waals surface area contributed by atoms with Gasteiger partial charge < -0.3 is 10.2 Å². The molecule has 2 nitrogen and oxygen atoms in total. The number of unbranched alkanes of at least 4 members (excludes halogenated alkanes) is 4. The number of phenolic OH excluding ortho intramolecular Hbond substituents is 2. The van der Waals surface area contributed by atoms with Crippen LogP contribution in [0.1, 0.15) is 115 Å². The Labute approximate surface area is 207 Å². The van der Waals surface area contributed by atoms with Gasteiger partial charge in [-0.25, -0.2) is 0 Å². The lowest BCUT2D eigenvalue weighted by Crippen LogP contribution is -2.19. The predicted octanol–water partition coefficient (Wildman–Crippen LogP) is 9.58. The lowest BCUT2D eigenvalue weighted by molar-refractivity contribution is 0.431. The summed E-state index contributed by atoms with van der Waals surface area (Å²) in [4.78, 5) is 2.42. The van der Waals surface area contributed by atoms with Gasteiger partial charge in [-0.3, -0.25) is 0 Å². The second kappa shape index (κ2) is 11.7. The molecule has 0 spiro atoms. The quantitative estimate of drug-likeness (QED) is 0.303. The van der Waals surface area contributed by atoms with Gasteiger partial charge in [0, 0.05) is 9.79 Å². The van der Waals surface area contributed by atoms with Gasteiger partial charge in [-0.2, -0.15) is 0 Å². The fraction of sp³-hybridized carbons (Fsp3) is 0.600. The maximum absolute atomic E-state index is 10.6. The van der Waals surface area contributed by atoms with Crippen LogP contribution in [0.5, 0.6) is 11.5 Å². The molecule has 0 atom stereocenters. The van der Waals surface area contributed by atoms with Gasteiger partial charge in [-0.15, -0.1) is 0 Å². The Bertz CT molecular complexity index is 852. The largest absolute Gasteiger partial charge is 0.508 e. The molecule has 0 saturated carbocycles.